The predicted molar refractivity (Wildman–Crippen MR) is 87.3 cm³/mol. The molecule has 0 aliphatic carbocycles. The van der Waals surface area contributed by atoms with E-state index in [1.54, 1.807) is 42.5 Å². The number of anilines is 1. The molecular weight excluding hydrogens is 314 g/mol. The highest BCUT2D eigenvalue weighted by Gasteiger charge is 2.14. The van der Waals surface area contributed by atoms with Crippen LogP contribution >= 0.6 is 0 Å². The molecule has 2 N–H and O–H groups in total. The summed E-state index contributed by atoms with van der Waals surface area (Å²) in [5.41, 5.74) is 0.773. The van der Waals surface area contributed by atoms with Crippen molar-refractivity contribution < 1.29 is 18.3 Å². The Hall–Kier alpha value is -3.04. The molecule has 0 aliphatic heterocycles. The molecular formula is C17H13NO4S. The van der Waals surface area contributed by atoms with E-state index in [0.29, 0.717) is 11.3 Å². The van der Waals surface area contributed by atoms with Gasteiger partial charge < -0.3 is 5.11 Å². The molecule has 0 saturated heterocycles. The Balaban J connectivity index is 2.29. The highest BCUT2D eigenvalue weighted by Crippen LogP contribution is 2.19. The lowest BCUT2D eigenvalue weighted by Crippen LogP contribution is -2.13. The summed E-state index contributed by atoms with van der Waals surface area (Å²) >= 11 is 0. The fourth-order valence-corrected chi connectivity index (χ4v) is 2.82. The molecule has 0 saturated carbocycles. The first kappa shape index (κ1) is 16.3. The summed E-state index contributed by atoms with van der Waals surface area (Å²) in [5.74, 6) is 4.17. The van der Waals surface area contributed by atoms with Crippen LogP contribution in [0, 0.1) is 11.8 Å². The van der Waals surface area contributed by atoms with Crippen molar-refractivity contribution in [3.63, 3.8) is 0 Å². The maximum atomic E-state index is 12.3. The van der Waals surface area contributed by atoms with Gasteiger partial charge in [-0.05, 0) is 30.3 Å². The smallest absolute Gasteiger partial charge is 0.328 e. The average Bonchev–Trinajstić information content (AvgIpc) is 2.53. The van der Waals surface area contributed by atoms with E-state index in [-0.39, 0.29) is 4.90 Å². The lowest BCUT2D eigenvalue weighted by Gasteiger charge is -2.09. The van der Waals surface area contributed by atoms with Crippen molar-refractivity contribution in [1.82, 2.24) is 0 Å². The van der Waals surface area contributed by atoms with Crippen LogP contribution in [-0.4, -0.2) is 19.5 Å². The Morgan fingerprint density at radius 2 is 1.70 bits per heavy atom. The third-order valence-electron chi connectivity index (χ3n) is 2.74. The molecule has 0 heterocycles. The van der Waals surface area contributed by atoms with Crippen molar-refractivity contribution >= 4 is 21.7 Å². The third-order valence-corrected chi connectivity index (χ3v) is 4.12. The van der Waals surface area contributed by atoms with Crippen molar-refractivity contribution in [2.75, 3.05) is 4.72 Å². The van der Waals surface area contributed by atoms with E-state index in [0.717, 1.165) is 6.08 Å². The van der Waals surface area contributed by atoms with Gasteiger partial charge in [0.1, 0.15) is 0 Å². The minimum Gasteiger partial charge on any atom is -0.478 e. The van der Waals surface area contributed by atoms with E-state index >= 15 is 0 Å². The van der Waals surface area contributed by atoms with E-state index in [1.165, 1.54) is 18.2 Å². The lowest BCUT2D eigenvalue weighted by molar-refractivity contribution is -0.131. The summed E-state index contributed by atoms with van der Waals surface area (Å²) in [5, 5.41) is 8.50. The molecule has 23 heavy (non-hydrogen) atoms. The van der Waals surface area contributed by atoms with E-state index < -0.39 is 16.0 Å². The van der Waals surface area contributed by atoms with Gasteiger partial charge >= 0.3 is 5.97 Å². The second kappa shape index (κ2) is 7.29. The number of benzene rings is 2. The Labute approximate surface area is 134 Å². The van der Waals surface area contributed by atoms with Crippen LogP contribution in [0.2, 0.25) is 0 Å². The third kappa shape index (κ3) is 4.73. The molecule has 2 aromatic carbocycles. The summed E-state index contributed by atoms with van der Waals surface area (Å²) in [7, 11) is -3.71. The summed E-state index contributed by atoms with van der Waals surface area (Å²) in [6.45, 7) is 0. The van der Waals surface area contributed by atoms with E-state index in [1.807, 2.05) is 0 Å². The number of carbonyl (C=O) groups is 1. The van der Waals surface area contributed by atoms with Gasteiger partial charge in [0.25, 0.3) is 10.0 Å². The van der Waals surface area contributed by atoms with Crippen molar-refractivity contribution in [3.8, 4) is 11.8 Å². The lowest BCUT2D eigenvalue weighted by atomic mass is 10.2. The number of carboxylic acids is 1. The quantitative estimate of drug-likeness (QED) is 0.667. The molecule has 2 rings (SSSR count). The van der Waals surface area contributed by atoms with Crippen molar-refractivity contribution in [3.05, 3.63) is 72.3 Å². The minimum atomic E-state index is -3.71. The molecule has 0 fully saturated rings. The minimum absolute atomic E-state index is 0.147. The average molecular weight is 327 g/mol. The zero-order valence-electron chi connectivity index (χ0n) is 11.9. The van der Waals surface area contributed by atoms with Crippen molar-refractivity contribution in [1.29, 1.82) is 0 Å². The molecule has 0 aliphatic rings. The van der Waals surface area contributed by atoms with Crippen LogP contribution in [0.5, 0.6) is 0 Å². The molecule has 0 unspecified atom stereocenters. The number of hydrogen-bond acceptors (Lipinski definition) is 3. The zero-order valence-corrected chi connectivity index (χ0v) is 12.7. The molecule has 0 bridgehead atoms. The first-order valence-electron chi connectivity index (χ1n) is 6.57. The monoisotopic (exact) mass is 327 g/mol. The highest BCUT2D eigenvalue weighted by atomic mass is 32.2. The summed E-state index contributed by atoms with van der Waals surface area (Å²) in [6, 6.07) is 14.6. The molecule has 116 valence electrons. The number of aliphatic carboxylic acids is 1. The van der Waals surface area contributed by atoms with Crippen molar-refractivity contribution in [2.45, 2.75) is 4.90 Å². The fraction of sp³-hybridized carbons (Fsp3) is 0. The topological polar surface area (TPSA) is 83.5 Å². The summed E-state index contributed by atoms with van der Waals surface area (Å²) in [6.07, 6.45) is 2.09. The van der Waals surface area contributed by atoms with Gasteiger partial charge in [-0.1, -0.05) is 42.2 Å². The number of nitrogens with one attached hydrogen (secondary N) is 1. The molecule has 0 spiro atoms. The van der Waals surface area contributed by atoms with Gasteiger partial charge in [-0.3, -0.25) is 4.72 Å². The second-order valence-electron chi connectivity index (χ2n) is 4.41. The van der Waals surface area contributed by atoms with Gasteiger partial charge in [0, 0.05) is 11.6 Å². The molecule has 2 aromatic rings. The molecule has 0 amide bonds. The number of rotatable bonds is 4. The number of hydrogen-bond donors (Lipinski definition) is 2. The molecule has 0 aromatic heterocycles. The Kier molecular flexibility index (Phi) is 5.18. The van der Waals surface area contributed by atoms with Crippen LogP contribution < -0.4 is 4.72 Å². The molecule has 6 heteroatoms. The first-order valence-corrected chi connectivity index (χ1v) is 8.05. The zero-order chi connectivity index (χ0) is 16.7. The van der Waals surface area contributed by atoms with Crippen LogP contribution in [-0.2, 0) is 14.8 Å². The van der Waals surface area contributed by atoms with Gasteiger partial charge in [0.15, 0.2) is 0 Å². The van der Waals surface area contributed by atoms with Gasteiger partial charge in [-0.2, -0.15) is 0 Å². The number of para-hydroxylation sites is 1. The number of sulfonamides is 1. The SMILES string of the molecule is O=C(O)/C=C/C#Cc1ccccc1NS(=O)(=O)c1ccccc1. The Morgan fingerprint density at radius 3 is 2.39 bits per heavy atom. The standard InChI is InChI=1S/C17H13NO4S/c19-17(20)13-7-5-9-14-8-4-6-12-16(14)18-23(21,22)15-10-2-1-3-11-15/h1-4,6-8,10-13,18H,(H,19,20)/b13-7+. The highest BCUT2D eigenvalue weighted by molar-refractivity contribution is 7.92. The van der Waals surface area contributed by atoms with Crippen LogP contribution in [0.15, 0.2) is 71.6 Å². The second-order valence-corrected chi connectivity index (χ2v) is 6.09. The van der Waals surface area contributed by atoms with E-state index in [4.69, 9.17) is 5.11 Å². The van der Waals surface area contributed by atoms with Gasteiger partial charge in [0.2, 0.25) is 0 Å². The van der Waals surface area contributed by atoms with Gasteiger partial charge in [-0.25, -0.2) is 13.2 Å². The van der Waals surface area contributed by atoms with E-state index in [2.05, 4.69) is 16.6 Å². The largest absolute Gasteiger partial charge is 0.478 e. The van der Waals surface area contributed by atoms with Gasteiger partial charge in [-0.15, -0.1) is 0 Å². The summed E-state index contributed by atoms with van der Waals surface area (Å²) < 4.78 is 27.1. The first-order chi connectivity index (χ1) is 11.0. The number of carboxylic acid groups (broad SMARTS) is 1. The molecule has 5 nitrogen and oxygen atoms in total. The normalized spacial score (nSPS) is 10.8. The van der Waals surface area contributed by atoms with E-state index in [9.17, 15) is 13.2 Å². The predicted octanol–water partition coefficient (Wildman–Crippen LogP) is 2.48. The van der Waals surface area contributed by atoms with Crippen LogP contribution in [0.25, 0.3) is 0 Å². The molecule has 0 radical (unpaired) electrons. The Morgan fingerprint density at radius 1 is 1.04 bits per heavy atom. The van der Waals surface area contributed by atoms with Crippen LogP contribution in [0.4, 0.5) is 5.69 Å². The van der Waals surface area contributed by atoms with Crippen molar-refractivity contribution in [2.24, 2.45) is 0 Å². The Bertz CT molecular complexity index is 891. The maximum absolute atomic E-state index is 12.3. The van der Waals surface area contributed by atoms with Crippen LogP contribution in [0.3, 0.4) is 0 Å². The summed E-state index contributed by atoms with van der Waals surface area (Å²) in [4.78, 5) is 10.5. The maximum Gasteiger partial charge on any atom is 0.328 e. The molecule has 0 atom stereocenters. The fourth-order valence-electron chi connectivity index (χ4n) is 1.72. The number of allylic oxidation sites excluding steroid dienone is 1. The van der Waals surface area contributed by atoms with Crippen LogP contribution in [0.1, 0.15) is 5.56 Å². The van der Waals surface area contributed by atoms with Gasteiger partial charge in [0.05, 0.1) is 10.6 Å².